The van der Waals surface area contributed by atoms with Gasteiger partial charge in [-0.3, -0.25) is 9.98 Å². The third-order valence-electron chi connectivity index (χ3n) is 5.19. The van der Waals surface area contributed by atoms with Gasteiger partial charge < -0.3 is 10.6 Å². The van der Waals surface area contributed by atoms with Crippen molar-refractivity contribution in [3.63, 3.8) is 0 Å². The Balaban J connectivity index is 0.00000126. The van der Waals surface area contributed by atoms with Gasteiger partial charge in [0, 0.05) is 50.4 Å². The highest BCUT2D eigenvalue weighted by Crippen LogP contribution is 2.28. The number of aliphatic imine (C=N–C) groups is 1. The Bertz CT molecular complexity index is 977. The van der Waals surface area contributed by atoms with Crippen molar-refractivity contribution in [2.24, 2.45) is 10.7 Å². The van der Waals surface area contributed by atoms with Crippen LogP contribution in [-0.2, 0) is 0 Å². The lowest BCUT2D eigenvalue weighted by atomic mass is 9.97. The van der Waals surface area contributed by atoms with E-state index in [1.165, 1.54) is 19.3 Å². The van der Waals surface area contributed by atoms with Crippen molar-refractivity contribution in [1.29, 1.82) is 0 Å². The van der Waals surface area contributed by atoms with Crippen LogP contribution in [0.25, 0.3) is 22.4 Å². The van der Waals surface area contributed by atoms with E-state index in [2.05, 4.69) is 75.0 Å². The van der Waals surface area contributed by atoms with Crippen LogP contribution in [0.3, 0.4) is 0 Å². The summed E-state index contributed by atoms with van der Waals surface area (Å²) in [4.78, 5) is 11.1. The number of nitrogens with zero attached hydrogens (tertiary/aromatic N) is 3. The highest BCUT2D eigenvalue weighted by molar-refractivity contribution is 6.10. The molecule has 2 N–H and O–H groups in total. The highest BCUT2D eigenvalue weighted by Gasteiger charge is 2.11. The monoisotopic (exact) mass is 476 g/mol. The summed E-state index contributed by atoms with van der Waals surface area (Å²) in [5.74, 6) is 0. The third-order valence-corrected chi connectivity index (χ3v) is 5.19. The number of allylic oxidation sites excluding steroid dienone is 4. The molecule has 0 atom stereocenters. The molecule has 0 aliphatic heterocycles. The molecule has 1 heterocycles. The van der Waals surface area contributed by atoms with Gasteiger partial charge in [-0.2, -0.15) is 0 Å². The maximum absolute atomic E-state index is 5.21. The summed E-state index contributed by atoms with van der Waals surface area (Å²) in [6, 6.07) is 10.7. The van der Waals surface area contributed by atoms with Crippen molar-refractivity contribution in [1.82, 2.24) is 9.88 Å². The molecule has 1 aromatic heterocycles. The summed E-state index contributed by atoms with van der Waals surface area (Å²) in [5.41, 5.74) is 13.9. The molecule has 2 rings (SSSR count). The molecule has 4 nitrogen and oxygen atoms in total. The van der Waals surface area contributed by atoms with Crippen LogP contribution < -0.4 is 5.73 Å². The predicted molar refractivity (Wildman–Crippen MR) is 159 cm³/mol. The molecule has 0 radical (unpaired) electrons. The molecular formula is C31H48N4. The Morgan fingerprint density at radius 1 is 1.11 bits per heavy atom. The lowest BCUT2D eigenvalue weighted by Gasteiger charge is -2.14. The van der Waals surface area contributed by atoms with E-state index in [-0.39, 0.29) is 0 Å². The van der Waals surface area contributed by atoms with Crippen LogP contribution in [0.2, 0.25) is 0 Å². The Hall–Kier alpha value is -2.98. The molecule has 0 aliphatic carbocycles. The standard InChI is InChI=1S/C24H29N3.C5H13N.C2H6/c1-8-19(15-25-5)23-13-17(3)24(26-18(23)4)22-12-10-11-21(14-22)20(9-2)16-27(6)7;1-2-3-4-5-6;1-2/h8-16H,2H2,1,3-7H3;2-6H2,1H3;1-2H3/b19-8+,20-16+,25-15?;;. The smallest absolute Gasteiger partial charge is 0.0734 e. The van der Waals surface area contributed by atoms with E-state index >= 15 is 0 Å². The number of aromatic nitrogens is 1. The second-order valence-corrected chi connectivity index (χ2v) is 8.25. The summed E-state index contributed by atoms with van der Waals surface area (Å²) >= 11 is 0. The summed E-state index contributed by atoms with van der Waals surface area (Å²) in [6.07, 6.45) is 11.7. The van der Waals surface area contributed by atoms with Crippen LogP contribution in [-0.4, -0.2) is 43.8 Å². The van der Waals surface area contributed by atoms with E-state index in [4.69, 9.17) is 10.7 Å². The fourth-order valence-electron chi connectivity index (χ4n) is 3.49. The fraction of sp³-hybridized carbons (Fsp3) is 0.419. The topological polar surface area (TPSA) is 54.5 Å². The zero-order valence-electron chi connectivity index (χ0n) is 23.7. The average Bonchev–Trinajstić information content (AvgIpc) is 2.87. The van der Waals surface area contributed by atoms with Crippen LogP contribution in [0.15, 0.2) is 60.3 Å². The van der Waals surface area contributed by atoms with Crippen LogP contribution in [0.5, 0.6) is 0 Å². The molecule has 0 unspecified atom stereocenters. The first-order chi connectivity index (χ1) is 16.8. The number of unbranched alkanes of at least 4 members (excludes halogenated alkanes) is 2. The van der Waals surface area contributed by atoms with Crippen molar-refractivity contribution in [2.75, 3.05) is 27.7 Å². The minimum absolute atomic E-state index is 0.855. The van der Waals surface area contributed by atoms with Gasteiger partial charge in [-0.25, -0.2) is 0 Å². The summed E-state index contributed by atoms with van der Waals surface area (Å²) in [5, 5.41) is 0. The van der Waals surface area contributed by atoms with Gasteiger partial charge in [0.25, 0.3) is 0 Å². The minimum atomic E-state index is 0.855. The quantitative estimate of drug-likeness (QED) is 0.229. The van der Waals surface area contributed by atoms with Gasteiger partial charge in [-0.05, 0) is 68.1 Å². The van der Waals surface area contributed by atoms with E-state index in [9.17, 15) is 0 Å². The second kappa shape index (κ2) is 18.4. The maximum Gasteiger partial charge on any atom is 0.0734 e. The SMILES string of the molecule is C=C/C(=C\N(C)C)c1cccc(-c2nc(C)c(/C(C=NC)=C/C)cc2C)c1.CC.CCCCCN. The van der Waals surface area contributed by atoms with Gasteiger partial charge in [0.1, 0.15) is 0 Å². The molecule has 4 heteroatoms. The molecule has 0 spiro atoms. The zero-order chi connectivity index (χ0) is 26.8. The number of hydrogen-bond acceptors (Lipinski definition) is 4. The molecule has 0 saturated carbocycles. The Labute approximate surface area is 215 Å². The van der Waals surface area contributed by atoms with Crippen molar-refractivity contribution in [3.8, 4) is 11.3 Å². The normalized spacial score (nSPS) is 11.4. The van der Waals surface area contributed by atoms with E-state index in [0.29, 0.717) is 0 Å². The molecule has 0 amide bonds. The molecule has 0 saturated heterocycles. The number of aryl methyl sites for hydroxylation is 2. The van der Waals surface area contributed by atoms with E-state index in [0.717, 1.165) is 51.3 Å². The summed E-state index contributed by atoms with van der Waals surface area (Å²) in [6.45, 7) is 17.2. The number of nitrogens with two attached hydrogens (primary N) is 1. The first-order valence-corrected chi connectivity index (χ1v) is 12.7. The fourth-order valence-corrected chi connectivity index (χ4v) is 3.49. The second-order valence-electron chi connectivity index (χ2n) is 8.25. The van der Waals surface area contributed by atoms with Crippen molar-refractivity contribution >= 4 is 17.4 Å². The largest absolute Gasteiger partial charge is 0.383 e. The van der Waals surface area contributed by atoms with Crippen molar-refractivity contribution < 1.29 is 0 Å². The lowest BCUT2D eigenvalue weighted by molar-refractivity contribution is 0.566. The van der Waals surface area contributed by atoms with Gasteiger partial charge in [0.2, 0.25) is 0 Å². The van der Waals surface area contributed by atoms with E-state index in [1.807, 2.05) is 52.1 Å². The first-order valence-electron chi connectivity index (χ1n) is 12.7. The lowest BCUT2D eigenvalue weighted by Crippen LogP contribution is -2.02. The van der Waals surface area contributed by atoms with Crippen LogP contribution >= 0.6 is 0 Å². The highest BCUT2D eigenvalue weighted by atomic mass is 15.0. The maximum atomic E-state index is 5.21. The number of hydrogen-bond donors (Lipinski definition) is 1. The van der Waals surface area contributed by atoms with Gasteiger partial charge in [0.05, 0.1) is 5.69 Å². The van der Waals surface area contributed by atoms with Gasteiger partial charge in [0.15, 0.2) is 0 Å². The van der Waals surface area contributed by atoms with E-state index in [1.54, 1.807) is 7.05 Å². The number of benzene rings is 1. The van der Waals surface area contributed by atoms with Gasteiger partial charge in [-0.15, -0.1) is 0 Å². The van der Waals surface area contributed by atoms with Crippen LogP contribution in [0.4, 0.5) is 0 Å². The molecule has 2 aromatic rings. The van der Waals surface area contributed by atoms with Crippen LogP contribution in [0, 0.1) is 13.8 Å². The number of rotatable bonds is 9. The molecule has 0 fully saturated rings. The molecule has 192 valence electrons. The molecule has 0 bridgehead atoms. The molecule has 0 aliphatic rings. The molecule has 1 aromatic carbocycles. The minimum Gasteiger partial charge on any atom is -0.383 e. The Morgan fingerprint density at radius 2 is 1.80 bits per heavy atom. The first kappa shape index (κ1) is 32.0. The summed E-state index contributed by atoms with van der Waals surface area (Å²) in [7, 11) is 5.82. The predicted octanol–water partition coefficient (Wildman–Crippen LogP) is 7.72. The Morgan fingerprint density at radius 3 is 2.29 bits per heavy atom. The molecule has 35 heavy (non-hydrogen) atoms. The van der Waals surface area contributed by atoms with E-state index < -0.39 is 0 Å². The van der Waals surface area contributed by atoms with Gasteiger partial charge in [-0.1, -0.05) is 70.5 Å². The van der Waals surface area contributed by atoms with Gasteiger partial charge >= 0.3 is 0 Å². The summed E-state index contributed by atoms with van der Waals surface area (Å²) < 4.78 is 0. The van der Waals surface area contributed by atoms with Crippen molar-refractivity contribution in [2.45, 2.75) is 60.8 Å². The zero-order valence-corrected chi connectivity index (χ0v) is 23.7. The van der Waals surface area contributed by atoms with Crippen LogP contribution in [0.1, 0.15) is 69.3 Å². The van der Waals surface area contributed by atoms with Crippen molar-refractivity contribution in [3.05, 3.63) is 77.6 Å². The number of pyridine rings is 1. The molecular weight excluding hydrogens is 428 g/mol. The third kappa shape index (κ3) is 10.9. The Kier molecular flexibility index (Phi) is 16.8. The average molecular weight is 477 g/mol.